The molecule has 1 amide bonds. The van der Waals surface area contributed by atoms with Gasteiger partial charge in [-0.05, 0) is 30.5 Å². The van der Waals surface area contributed by atoms with Crippen molar-refractivity contribution in [1.82, 2.24) is 14.9 Å². The third-order valence-electron chi connectivity index (χ3n) is 3.58. The monoisotopic (exact) mass is 307 g/mol. The van der Waals surface area contributed by atoms with Gasteiger partial charge in [0, 0.05) is 25.7 Å². The maximum absolute atomic E-state index is 13.1. The van der Waals surface area contributed by atoms with Crippen LogP contribution in [0.3, 0.4) is 0 Å². The Morgan fingerprint density at radius 1 is 1.43 bits per heavy atom. The molecule has 0 radical (unpaired) electrons. The van der Waals surface area contributed by atoms with Crippen molar-refractivity contribution in [3.05, 3.63) is 52.3 Å². The average molecular weight is 308 g/mol. The van der Waals surface area contributed by atoms with E-state index in [1.54, 1.807) is 12.3 Å². The molecule has 2 heterocycles. The molecular formula is C15H15ClFN3O. The minimum atomic E-state index is -0.464. The Bertz CT molecular complexity index is 660. The molecule has 0 fully saturated rings. The first-order valence-corrected chi connectivity index (χ1v) is 7.29. The maximum atomic E-state index is 13.1. The number of rotatable bonds is 3. The van der Waals surface area contributed by atoms with E-state index < -0.39 is 5.82 Å². The molecule has 0 unspecified atom stereocenters. The first kappa shape index (κ1) is 14.1. The van der Waals surface area contributed by atoms with Crippen LogP contribution in [0.2, 0.25) is 5.02 Å². The van der Waals surface area contributed by atoms with Crippen LogP contribution in [-0.4, -0.2) is 15.5 Å². The summed E-state index contributed by atoms with van der Waals surface area (Å²) in [6.45, 7) is 1.21. The quantitative estimate of drug-likeness (QED) is 0.947. The Morgan fingerprint density at radius 2 is 2.29 bits per heavy atom. The van der Waals surface area contributed by atoms with Crippen LogP contribution in [0.25, 0.3) is 0 Å². The molecule has 0 saturated carbocycles. The number of nitrogens with zero attached hydrogens (tertiary/aromatic N) is 2. The molecule has 110 valence electrons. The molecule has 2 aromatic rings. The van der Waals surface area contributed by atoms with Gasteiger partial charge < -0.3 is 9.88 Å². The molecule has 1 aliphatic heterocycles. The first-order valence-electron chi connectivity index (χ1n) is 6.91. The Kier molecular flexibility index (Phi) is 3.92. The van der Waals surface area contributed by atoms with Gasteiger partial charge in [-0.3, -0.25) is 4.79 Å². The van der Waals surface area contributed by atoms with E-state index in [4.69, 9.17) is 11.6 Å². The standard InChI is InChI=1S/C15H15ClFN3O/c16-11-7-10(4-5-12(11)17)8-18-15(21)13-9-20-6-2-1-3-14(20)19-13/h4-5,7,9H,1-3,6,8H2,(H,18,21). The van der Waals surface area contributed by atoms with Crippen molar-refractivity contribution in [1.29, 1.82) is 0 Å². The van der Waals surface area contributed by atoms with E-state index in [-0.39, 0.29) is 10.9 Å². The number of hydrogen-bond acceptors (Lipinski definition) is 2. The van der Waals surface area contributed by atoms with Crippen LogP contribution < -0.4 is 5.32 Å². The van der Waals surface area contributed by atoms with Crippen LogP contribution in [0, 0.1) is 5.82 Å². The molecular weight excluding hydrogens is 293 g/mol. The summed E-state index contributed by atoms with van der Waals surface area (Å²) in [4.78, 5) is 16.5. The number of nitrogens with one attached hydrogen (secondary N) is 1. The predicted octanol–water partition coefficient (Wildman–Crippen LogP) is 2.94. The number of fused-ring (bicyclic) bond motifs is 1. The van der Waals surface area contributed by atoms with Gasteiger partial charge >= 0.3 is 0 Å². The number of carbonyl (C=O) groups is 1. The SMILES string of the molecule is O=C(NCc1ccc(F)c(Cl)c1)c1cn2c(n1)CCCC2. The van der Waals surface area contributed by atoms with E-state index >= 15 is 0 Å². The summed E-state index contributed by atoms with van der Waals surface area (Å²) in [5, 5.41) is 2.83. The number of halogens is 2. The number of carbonyl (C=O) groups excluding carboxylic acids is 1. The zero-order valence-corrected chi connectivity index (χ0v) is 12.2. The smallest absolute Gasteiger partial charge is 0.271 e. The van der Waals surface area contributed by atoms with Crippen LogP contribution in [0.1, 0.15) is 34.7 Å². The molecule has 1 N–H and O–H groups in total. The molecule has 21 heavy (non-hydrogen) atoms. The number of aryl methyl sites for hydroxylation is 2. The van der Waals surface area contributed by atoms with Crippen LogP contribution in [0.4, 0.5) is 4.39 Å². The molecule has 1 aliphatic rings. The summed E-state index contributed by atoms with van der Waals surface area (Å²) in [6.07, 6.45) is 4.95. The van der Waals surface area contributed by atoms with E-state index in [1.807, 2.05) is 4.57 Å². The van der Waals surface area contributed by atoms with E-state index in [0.29, 0.717) is 12.2 Å². The van der Waals surface area contributed by atoms with Crippen LogP contribution >= 0.6 is 11.6 Å². The van der Waals surface area contributed by atoms with Gasteiger partial charge in [-0.15, -0.1) is 0 Å². The molecule has 0 bridgehead atoms. The molecule has 0 spiro atoms. The van der Waals surface area contributed by atoms with Crippen LogP contribution in [-0.2, 0) is 19.5 Å². The second-order valence-electron chi connectivity index (χ2n) is 5.12. The Labute approximate surface area is 126 Å². The van der Waals surface area contributed by atoms with Crippen LogP contribution in [0.15, 0.2) is 24.4 Å². The van der Waals surface area contributed by atoms with Gasteiger partial charge in [0.25, 0.3) is 5.91 Å². The second-order valence-corrected chi connectivity index (χ2v) is 5.53. The van der Waals surface area contributed by atoms with E-state index in [0.717, 1.165) is 37.2 Å². The van der Waals surface area contributed by atoms with Gasteiger partial charge in [-0.1, -0.05) is 17.7 Å². The number of benzene rings is 1. The Hall–Kier alpha value is -1.88. The topological polar surface area (TPSA) is 46.9 Å². The van der Waals surface area contributed by atoms with Crippen molar-refractivity contribution in [3.63, 3.8) is 0 Å². The average Bonchev–Trinajstić information content (AvgIpc) is 2.92. The van der Waals surface area contributed by atoms with Crippen molar-refractivity contribution in [3.8, 4) is 0 Å². The van der Waals surface area contributed by atoms with Crippen LogP contribution in [0.5, 0.6) is 0 Å². The fourth-order valence-electron chi connectivity index (χ4n) is 2.44. The number of aromatic nitrogens is 2. The predicted molar refractivity (Wildman–Crippen MR) is 77.7 cm³/mol. The van der Waals surface area contributed by atoms with Gasteiger partial charge in [-0.2, -0.15) is 0 Å². The highest BCUT2D eigenvalue weighted by Gasteiger charge is 2.16. The third-order valence-corrected chi connectivity index (χ3v) is 3.87. The van der Waals surface area contributed by atoms with Gasteiger partial charge in [0.05, 0.1) is 5.02 Å². The summed E-state index contributed by atoms with van der Waals surface area (Å²) >= 11 is 5.71. The maximum Gasteiger partial charge on any atom is 0.271 e. The number of amides is 1. The Balaban J connectivity index is 1.66. The minimum Gasteiger partial charge on any atom is -0.347 e. The van der Waals surface area contributed by atoms with Crippen molar-refractivity contribution in [2.45, 2.75) is 32.4 Å². The summed E-state index contributed by atoms with van der Waals surface area (Å²) in [5.41, 5.74) is 1.18. The lowest BCUT2D eigenvalue weighted by molar-refractivity contribution is 0.0946. The van der Waals surface area contributed by atoms with Crippen molar-refractivity contribution in [2.24, 2.45) is 0 Å². The molecule has 0 saturated heterocycles. The molecule has 1 aromatic carbocycles. The van der Waals surface area contributed by atoms with Gasteiger partial charge in [-0.25, -0.2) is 9.37 Å². The highest BCUT2D eigenvalue weighted by atomic mass is 35.5. The van der Waals surface area contributed by atoms with E-state index in [1.165, 1.54) is 12.1 Å². The Morgan fingerprint density at radius 3 is 3.05 bits per heavy atom. The zero-order chi connectivity index (χ0) is 14.8. The zero-order valence-electron chi connectivity index (χ0n) is 11.4. The highest BCUT2D eigenvalue weighted by Crippen LogP contribution is 2.17. The third kappa shape index (κ3) is 3.08. The summed E-state index contributed by atoms with van der Waals surface area (Å²) in [6, 6.07) is 4.40. The fraction of sp³-hybridized carbons (Fsp3) is 0.333. The highest BCUT2D eigenvalue weighted by molar-refractivity contribution is 6.30. The van der Waals surface area contributed by atoms with Crippen molar-refractivity contribution < 1.29 is 9.18 Å². The minimum absolute atomic E-state index is 0.0548. The largest absolute Gasteiger partial charge is 0.347 e. The van der Waals surface area contributed by atoms with Gasteiger partial charge in [0.2, 0.25) is 0 Å². The van der Waals surface area contributed by atoms with Gasteiger partial charge in [0.1, 0.15) is 17.3 Å². The molecule has 3 rings (SSSR count). The number of imidazole rings is 1. The molecule has 0 aliphatic carbocycles. The lowest BCUT2D eigenvalue weighted by Crippen LogP contribution is -2.23. The first-order chi connectivity index (χ1) is 10.1. The second kappa shape index (κ2) is 5.85. The molecule has 4 nitrogen and oxygen atoms in total. The normalized spacial score (nSPS) is 13.8. The van der Waals surface area contributed by atoms with E-state index in [9.17, 15) is 9.18 Å². The van der Waals surface area contributed by atoms with Gasteiger partial charge in [0.15, 0.2) is 0 Å². The molecule has 6 heteroatoms. The number of hydrogen-bond donors (Lipinski definition) is 1. The van der Waals surface area contributed by atoms with E-state index in [2.05, 4.69) is 10.3 Å². The molecule has 0 atom stereocenters. The van der Waals surface area contributed by atoms with Crippen molar-refractivity contribution >= 4 is 17.5 Å². The fourth-order valence-corrected chi connectivity index (χ4v) is 2.65. The lowest BCUT2D eigenvalue weighted by atomic mass is 10.2. The lowest BCUT2D eigenvalue weighted by Gasteiger charge is -2.11. The van der Waals surface area contributed by atoms with Crippen molar-refractivity contribution in [2.75, 3.05) is 0 Å². The summed E-state index contributed by atoms with van der Waals surface area (Å²) in [5.74, 6) is 0.280. The summed E-state index contributed by atoms with van der Waals surface area (Å²) < 4.78 is 15.1. The summed E-state index contributed by atoms with van der Waals surface area (Å²) in [7, 11) is 0. The molecule has 1 aromatic heterocycles.